The van der Waals surface area contributed by atoms with Crippen LogP contribution in [0.2, 0.25) is 0 Å². The fourth-order valence-corrected chi connectivity index (χ4v) is 4.71. The minimum Gasteiger partial charge on any atom is -0.336 e. The number of piperidine rings is 1. The van der Waals surface area contributed by atoms with Crippen LogP contribution >= 0.6 is 15.9 Å². The van der Waals surface area contributed by atoms with Gasteiger partial charge in [0.2, 0.25) is 10.0 Å². The summed E-state index contributed by atoms with van der Waals surface area (Å²) in [5.41, 5.74) is 2.10. The van der Waals surface area contributed by atoms with Gasteiger partial charge in [0.25, 0.3) is 5.91 Å². The van der Waals surface area contributed by atoms with Gasteiger partial charge in [-0.1, -0.05) is 21.1 Å². The number of nitrogens with zero attached hydrogens (tertiary/aromatic N) is 4. The first-order valence-corrected chi connectivity index (χ1v) is 12.0. The molecule has 1 aromatic heterocycles. The number of hydrogen-bond donors (Lipinski definition) is 1. The quantitative estimate of drug-likeness (QED) is 0.725. The summed E-state index contributed by atoms with van der Waals surface area (Å²) in [5.74, 6) is 0.109. The molecule has 0 spiro atoms. The van der Waals surface area contributed by atoms with E-state index in [2.05, 4.69) is 31.0 Å². The third-order valence-corrected chi connectivity index (χ3v) is 6.32. The molecule has 1 aliphatic heterocycles. The van der Waals surface area contributed by atoms with E-state index in [1.54, 1.807) is 9.58 Å². The molecule has 1 saturated carbocycles. The highest BCUT2D eigenvalue weighted by molar-refractivity contribution is 9.10. The van der Waals surface area contributed by atoms with Crippen LogP contribution in [0.4, 0.5) is 0 Å². The zero-order valence-corrected chi connectivity index (χ0v) is 17.9. The number of aromatic nitrogens is 3. The smallest absolute Gasteiger partial charge is 0.276 e. The van der Waals surface area contributed by atoms with E-state index in [1.807, 2.05) is 24.3 Å². The van der Waals surface area contributed by atoms with Gasteiger partial charge in [-0.25, -0.2) is 17.8 Å². The number of benzene rings is 1. The van der Waals surface area contributed by atoms with Gasteiger partial charge in [0, 0.05) is 29.5 Å². The molecular weight excluding hydrogens is 446 g/mol. The summed E-state index contributed by atoms with van der Waals surface area (Å²) >= 11 is 3.43. The number of likely N-dealkylation sites (tertiary alicyclic amines) is 1. The molecule has 8 nitrogen and oxygen atoms in total. The van der Waals surface area contributed by atoms with Crippen LogP contribution in [0.1, 0.15) is 47.8 Å². The fourth-order valence-electron chi connectivity index (χ4n) is 3.65. The Labute approximate surface area is 172 Å². The van der Waals surface area contributed by atoms with E-state index in [4.69, 9.17) is 0 Å². The van der Waals surface area contributed by atoms with Gasteiger partial charge in [-0.15, -0.1) is 5.10 Å². The predicted octanol–water partition coefficient (Wildman–Crippen LogP) is 2.06. The van der Waals surface area contributed by atoms with Crippen LogP contribution in [0, 0.1) is 0 Å². The van der Waals surface area contributed by atoms with Gasteiger partial charge in [-0.3, -0.25) is 4.79 Å². The summed E-state index contributed by atoms with van der Waals surface area (Å²) < 4.78 is 28.4. The van der Waals surface area contributed by atoms with Crippen molar-refractivity contribution in [1.82, 2.24) is 24.6 Å². The number of sulfonamides is 1. The molecule has 1 N–H and O–H groups in total. The average molecular weight is 468 g/mol. The molecule has 1 unspecified atom stereocenters. The van der Waals surface area contributed by atoms with Crippen molar-refractivity contribution >= 4 is 31.9 Å². The van der Waals surface area contributed by atoms with E-state index in [9.17, 15) is 13.2 Å². The van der Waals surface area contributed by atoms with Crippen LogP contribution in [0.5, 0.6) is 0 Å². The second-order valence-corrected chi connectivity index (χ2v) is 10.2. The maximum Gasteiger partial charge on any atom is 0.276 e. The molecule has 1 saturated heterocycles. The first-order valence-electron chi connectivity index (χ1n) is 9.30. The third-order valence-electron chi connectivity index (χ3n) is 5.03. The van der Waals surface area contributed by atoms with Gasteiger partial charge in [0.05, 0.1) is 17.6 Å². The SMILES string of the molecule is CS(=O)(=O)NC1CCCN(C(=O)c2nnn(-c3ccc(Br)cc3)c2C2CC2)C1. The highest BCUT2D eigenvalue weighted by atomic mass is 79.9. The predicted molar refractivity (Wildman–Crippen MR) is 108 cm³/mol. The molecule has 150 valence electrons. The second kappa shape index (κ2) is 7.57. The number of amides is 1. The first kappa shape index (κ1) is 19.5. The van der Waals surface area contributed by atoms with E-state index in [-0.39, 0.29) is 17.9 Å². The molecule has 1 amide bonds. The van der Waals surface area contributed by atoms with Gasteiger partial charge in [0.15, 0.2) is 5.69 Å². The van der Waals surface area contributed by atoms with Crippen LogP contribution in [-0.4, -0.2) is 59.6 Å². The summed E-state index contributed by atoms with van der Waals surface area (Å²) in [6, 6.07) is 7.47. The van der Waals surface area contributed by atoms with E-state index >= 15 is 0 Å². The zero-order chi connectivity index (χ0) is 19.9. The lowest BCUT2D eigenvalue weighted by Gasteiger charge is -2.32. The molecule has 2 fully saturated rings. The van der Waals surface area contributed by atoms with Crippen molar-refractivity contribution in [2.24, 2.45) is 0 Å². The van der Waals surface area contributed by atoms with Crippen molar-refractivity contribution in [3.63, 3.8) is 0 Å². The van der Waals surface area contributed by atoms with Gasteiger partial charge < -0.3 is 4.90 Å². The normalized spacial score (nSPS) is 20.4. The largest absolute Gasteiger partial charge is 0.336 e. The maximum absolute atomic E-state index is 13.2. The van der Waals surface area contributed by atoms with Crippen molar-refractivity contribution in [3.05, 3.63) is 40.1 Å². The van der Waals surface area contributed by atoms with E-state index in [1.165, 1.54) is 0 Å². The first-order chi connectivity index (χ1) is 13.3. The van der Waals surface area contributed by atoms with Crippen molar-refractivity contribution in [2.75, 3.05) is 19.3 Å². The number of rotatable bonds is 5. The molecular formula is C18H22BrN5O3S. The molecule has 2 heterocycles. The average Bonchev–Trinajstić information content (AvgIpc) is 3.39. The van der Waals surface area contributed by atoms with E-state index < -0.39 is 10.0 Å². The highest BCUT2D eigenvalue weighted by Gasteiger charge is 2.36. The van der Waals surface area contributed by atoms with Crippen molar-refractivity contribution in [1.29, 1.82) is 0 Å². The van der Waals surface area contributed by atoms with Gasteiger partial charge >= 0.3 is 0 Å². The number of hydrogen-bond acceptors (Lipinski definition) is 5. The lowest BCUT2D eigenvalue weighted by molar-refractivity contribution is 0.0696. The monoisotopic (exact) mass is 467 g/mol. The molecule has 0 bridgehead atoms. The molecule has 4 rings (SSSR count). The van der Waals surface area contributed by atoms with Crippen LogP contribution in [0.15, 0.2) is 28.7 Å². The minimum atomic E-state index is -3.31. The number of carbonyl (C=O) groups excluding carboxylic acids is 1. The van der Waals surface area contributed by atoms with Crippen molar-refractivity contribution in [3.8, 4) is 5.69 Å². The summed E-state index contributed by atoms with van der Waals surface area (Å²) in [6.45, 7) is 0.942. The molecule has 2 aliphatic rings. The lowest BCUT2D eigenvalue weighted by atomic mass is 10.1. The Kier molecular flexibility index (Phi) is 5.28. The standard InChI is InChI=1S/C18H22BrN5O3S/c1-28(26,27)21-14-3-2-10-23(11-14)18(25)16-17(12-4-5-12)24(22-20-16)15-8-6-13(19)7-9-15/h6-9,12,14,21H,2-5,10-11H2,1H3. The molecule has 28 heavy (non-hydrogen) atoms. The molecule has 1 atom stereocenters. The Morgan fingerprint density at radius 1 is 1.21 bits per heavy atom. The van der Waals surface area contributed by atoms with Crippen LogP contribution in [-0.2, 0) is 10.0 Å². The Morgan fingerprint density at radius 2 is 1.93 bits per heavy atom. The number of carbonyl (C=O) groups is 1. The maximum atomic E-state index is 13.2. The Hall–Kier alpha value is -1.78. The molecule has 0 radical (unpaired) electrons. The van der Waals surface area contributed by atoms with Crippen LogP contribution in [0.25, 0.3) is 5.69 Å². The molecule has 1 aromatic carbocycles. The Morgan fingerprint density at radius 3 is 2.57 bits per heavy atom. The molecule has 1 aliphatic carbocycles. The van der Waals surface area contributed by atoms with Crippen molar-refractivity contribution < 1.29 is 13.2 Å². The lowest BCUT2D eigenvalue weighted by Crippen LogP contribution is -2.49. The van der Waals surface area contributed by atoms with Crippen LogP contribution < -0.4 is 4.72 Å². The van der Waals surface area contributed by atoms with Gasteiger partial charge in [0.1, 0.15) is 0 Å². The third kappa shape index (κ3) is 4.28. The number of nitrogens with one attached hydrogen (secondary N) is 1. The minimum absolute atomic E-state index is 0.176. The topological polar surface area (TPSA) is 97.2 Å². The summed E-state index contributed by atoms with van der Waals surface area (Å²) in [6.07, 6.45) is 4.64. The highest BCUT2D eigenvalue weighted by Crippen LogP contribution is 2.42. The molecule has 2 aromatic rings. The van der Waals surface area contributed by atoms with Gasteiger partial charge in [-0.2, -0.15) is 0 Å². The Bertz CT molecular complexity index is 985. The zero-order valence-electron chi connectivity index (χ0n) is 15.5. The summed E-state index contributed by atoms with van der Waals surface area (Å²) in [5, 5.41) is 8.49. The second-order valence-electron chi connectivity index (χ2n) is 7.47. The summed E-state index contributed by atoms with van der Waals surface area (Å²) in [4.78, 5) is 14.9. The fraction of sp³-hybridized carbons (Fsp3) is 0.500. The number of halogens is 1. The van der Waals surface area contributed by atoms with E-state index in [0.29, 0.717) is 18.8 Å². The molecule has 10 heteroatoms. The summed E-state index contributed by atoms with van der Waals surface area (Å²) in [7, 11) is -3.31. The Balaban J connectivity index is 1.60. The van der Waals surface area contributed by atoms with E-state index in [0.717, 1.165) is 47.8 Å². The van der Waals surface area contributed by atoms with Crippen molar-refractivity contribution in [2.45, 2.75) is 37.6 Å². The van der Waals surface area contributed by atoms with Gasteiger partial charge in [-0.05, 0) is 49.9 Å². The van der Waals surface area contributed by atoms with Crippen LogP contribution in [0.3, 0.4) is 0 Å².